The summed E-state index contributed by atoms with van der Waals surface area (Å²) < 4.78 is 5.59. The van der Waals surface area contributed by atoms with E-state index in [1.54, 1.807) is 6.92 Å². The zero-order valence-corrected chi connectivity index (χ0v) is 17.9. The summed E-state index contributed by atoms with van der Waals surface area (Å²) in [5.74, 6) is 2.89. The summed E-state index contributed by atoms with van der Waals surface area (Å²) >= 11 is 0. The number of rotatable bonds is 3. The predicted octanol–water partition coefficient (Wildman–Crippen LogP) is 5.49. The standard InChI is InChI=1S/C24H40O3/c1-5-11-24(26)14-10-21-19-7-6-17-15-18(27-16(2)25)8-12-22(17,3)20(19)9-13-23(21,24)4/h17-21,26H,5-15H2,1-4H3/t17-,18+,19-,20+,21+,22+,23+,24+/m1/s1. The number of hydrogen-bond acceptors (Lipinski definition) is 3. The van der Waals surface area contributed by atoms with Crippen molar-refractivity contribution >= 4 is 5.97 Å². The Hall–Kier alpha value is -0.570. The molecule has 154 valence electrons. The summed E-state index contributed by atoms with van der Waals surface area (Å²) in [4.78, 5) is 11.4. The maximum atomic E-state index is 11.5. The number of carbonyl (C=O) groups excluding carboxylic acids is 1. The number of aliphatic hydroxyl groups is 1. The Morgan fingerprint density at radius 2 is 1.78 bits per heavy atom. The van der Waals surface area contributed by atoms with Crippen LogP contribution in [0.15, 0.2) is 0 Å². The van der Waals surface area contributed by atoms with Crippen LogP contribution in [0.25, 0.3) is 0 Å². The van der Waals surface area contributed by atoms with Crippen molar-refractivity contribution in [1.82, 2.24) is 0 Å². The molecule has 1 N–H and O–H groups in total. The third-order valence-electron chi connectivity index (χ3n) is 9.94. The van der Waals surface area contributed by atoms with Crippen molar-refractivity contribution in [2.45, 2.75) is 110 Å². The molecule has 3 nitrogen and oxygen atoms in total. The second kappa shape index (κ2) is 6.75. The third-order valence-corrected chi connectivity index (χ3v) is 9.94. The first kappa shape index (κ1) is 19.7. The molecule has 0 aliphatic heterocycles. The molecule has 3 heteroatoms. The number of hydrogen-bond donors (Lipinski definition) is 1. The van der Waals surface area contributed by atoms with E-state index in [1.807, 2.05) is 0 Å². The van der Waals surface area contributed by atoms with Gasteiger partial charge in [0.15, 0.2) is 0 Å². The third kappa shape index (κ3) is 2.90. The van der Waals surface area contributed by atoms with E-state index in [0.717, 1.165) is 43.9 Å². The van der Waals surface area contributed by atoms with Gasteiger partial charge in [-0.3, -0.25) is 4.79 Å². The van der Waals surface area contributed by atoms with Crippen LogP contribution in [0.3, 0.4) is 0 Å². The largest absolute Gasteiger partial charge is 0.463 e. The maximum Gasteiger partial charge on any atom is 0.302 e. The zero-order valence-electron chi connectivity index (χ0n) is 17.9. The molecular weight excluding hydrogens is 336 g/mol. The number of carbonyl (C=O) groups is 1. The van der Waals surface area contributed by atoms with Crippen molar-refractivity contribution in [3.63, 3.8) is 0 Å². The van der Waals surface area contributed by atoms with Crippen molar-refractivity contribution < 1.29 is 14.6 Å². The Morgan fingerprint density at radius 1 is 1.04 bits per heavy atom. The Balaban J connectivity index is 1.54. The van der Waals surface area contributed by atoms with Crippen molar-refractivity contribution in [2.75, 3.05) is 0 Å². The minimum Gasteiger partial charge on any atom is -0.463 e. The van der Waals surface area contributed by atoms with Crippen LogP contribution in [0.4, 0.5) is 0 Å². The molecule has 4 aliphatic carbocycles. The predicted molar refractivity (Wildman–Crippen MR) is 107 cm³/mol. The van der Waals surface area contributed by atoms with E-state index in [4.69, 9.17) is 4.74 Å². The van der Waals surface area contributed by atoms with Gasteiger partial charge < -0.3 is 9.84 Å². The highest BCUT2D eigenvalue weighted by Gasteiger charge is 2.64. The lowest BCUT2D eigenvalue weighted by Crippen LogP contribution is -2.56. The molecule has 0 spiro atoms. The molecule has 0 bridgehead atoms. The average molecular weight is 377 g/mol. The van der Waals surface area contributed by atoms with Crippen LogP contribution < -0.4 is 0 Å². The zero-order chi connectivity index (χ0) is 19.4. The Kier molecular flexibility index (Phi) is 4.93. The van der Waals surface area contributed by atoms with Gasteiger partial charge in [0.25, 0.3) is 0 Å². The van der Waals surface area contributed by atoms with Gasteiger partial charge in [-0.2, -0.15) is 0 Å². The average Bonchev–Trinajstić information content (AvgIpc) is 2.86. The van der Waals surface area contributed by atoms with E-state index in [-0.39, 0.29) is 17.5 Å². The Morgan fingerprint density at radius 3 is 2.48 bits per heavy atom. The van der Waals surface area contributed by atoms with Gasteiger partial charge in [0.2, 0.25) is 0 Å². The van der Waals surface area contributed by atoms with Crippen LogP contribution in [0, 0.1) is 34.5 Å². The van der Waals surface area contributed by atoms with Crippen molar-refractivity contribution in [3.8, 4) is 0 Å². The van der Waals surface area contributed by atoms with E-state index in [1.165, 1.54) is 38.5 Å². The smallest absolute Gasteiger partial charge is 0.302 e. The second-order valence-electron chi connectivity index (χ2n) is 10.9. The van der Waals surface area contributed by atoms with Crippen molar-refractivity contribution in [1.29, 1.82) is 0 Å². The molecule has 8 atom stereocenters. The topological polar surface area (TPSA) is 46.5 Å². The molecular formula is C24H40O3. The van der Waals surface area contributed by atoms with Crippen LogP contribution in [0.5, 0.6) is 0 Å². The maximum absolute atomic E-state index is 11.5. The van der Waals surface area contributed by atoms with E-state index >= 15 is 0 Å². The lowest BCUT2D eigenvalue weighted by Gasteiger charge is -2.61. The highest BCUT2D eigenvalue weighted by molar-refractivity contribution is 5.66. The van der Waals surface area contributed by atoms with Gasteiger partial charge in [0, 0.05) is 6.92 Å². The molecule has 0 radical (unpaired) electrons. The normalized spacial score (nSPS) is 51.8. The fourth-order valence-corrected chi connectivity index (χ4v) is 8.49. The van der Waals surface area contributed by atoms with Crippen LogP contribution in [0.2, 0.25) is 0 Å². The summed E-state index contributed by atoms with van der Waals surface area (Å²) in [6, 6.07) is 0. The van der Waals surface area contributed by atoms with Crippen molar-refractivity contribution in [2.24, 2.45) is 34.5 Å². The SMILES string of the molecule is CCC[C@]1(O)CC[C@H]2[C@@H]3CC[C@@H]4C[C@@H](OC(C)=O)CC[C@]4(C)[C@H]3CC[C@@]21C. The Labute approximate surface area is 165 Å². The summed E-state index contributed by atoms with van der Waals surface area (Å²) in [5, 5.41) is 11.5. The van der Waals surface area contributed by atoms with Gasteiger partial charge >= 0.3 is 5.97 Å². The molecule has 0 saturated heterocycles. The molecule has 4 fully saturated rings. The minimum absolute atomic E-state index is 0.119. The number of ether oxygens (including phenoxy) is 1. The lowest BCUT2D eigenvalue weighted by molar-refractivity contribution is -0.170. The molecule has 0 heterocycles. The van der Waals surface area contributed by atoms with E-state index in [9.17, 15) is 9.90 Å². The fraction of sp³-hybridized carbons (Fsp3) is 0.958. The molecule has 0 amide bonds. The molecule has 4 rings (SSSR count). The van der Waals surface area contributed by atoms with Gasteiger partial charge in [-0.25, -0.2) is 0 Å². The summed E-state index contributed by atoms with van der Waals surface area (Å²) in [6.45, 7) is 8.73. The highest BCUT2D eigenvalue weighted by Crippen LogP contribution is 2.68. The minimum atomic E-state index is -0.428. The van der Waals surface area contributed by atoms with Gasteiger partial charge in [0.1, 0.15) is 6.10 Å². The highest BCUT2D eigenvalue weighted by atomic mass is 16.5. The van der Waals surface area contributed by atoms with E-state index < -0.39 is 5.60 Å². The molecule has 0 unspecified atom stereocenters. The quantitative estimate of drug-likeness (QED) is 0.662. The number of fused-ring (bicyclic) bond motifs is 5. The molecule has 0 aromatic rings. The van der Waals surface area contributed by atoms with Crippen molar-refractivity contribution in [3.05, 3.63) is 0 Å². The van der Waals surface area contributed by atoms with E-state index in [0.29, 0.717) is 17.3 Å². The first-order valence-corrected chi connectivity index (χ1v) is 11.6. The summed E-state index contributed by atoms with van der Waals surface area (Å²) in [7, 11) is 0. The molecule has 4 aliphatic rings. The van der Waals surface area contributed by atoms with Crippen LogP contribution >= 0.6 is 0 Å². The van der Waals surface area contributed by atoms with E-state index in [2.05, 4.69) is 20.8 Å². The first-order valence-electron chi connectivity index (χ1n) is 11.6. The second-order valence-corrected chi connectivity index (χ2v) is 10.9. The Bertz CT molecular complexity index is 588. The summed E-state index contributed by atoms with van der Waals surface area (Å²) in [6.07, 6.45) is 12.9. The first-order chi connectivity index (χ1) is 12.7. The molecule has 0 aromatic heterocycles. The molecule has 27 heavy (non-hydrogen) atoms. The van der Waals surface area contributed by atoms with Gasteiger partial charge in [-0.1, -0.05) is 27.2 Å². The van der Waals surface area contributed by atoms with Gasteiger partial charge in [-0.05, 0) is 98.7 Å². The molecule has 4 saturated carbocycles. The van der Waals surface area contributed by atoms with Crippen LogP contribution in [0.1, 0.15) is 98.3 Å². The van der Waals surface area contributed by atoms with Crippen LogP contribution in [-0.2, 0) is 9.53 Å². The summed E-state index contributed by atoms with van der Waals surface area (Å²) in [5.41, 5.74) is 0.108. The van der Waals surface area contributed by atoms with Crippen LogP contribution in [-0.4, -0.2) is 22.8 Å². The monoisotopic (exact) mass is 376 g/mol. The van der Waals surface area contributed by atoms with Gasteiger partial charge in [-0.15, -0.1) is 0 Å². The fourth-order valence-electron chi connectivity index (χ4n) is 8.49. The lowest BCUT2D eigenvalue weighted by atomic mass is 9.44. The van der Waals surface area contributed by atoms with Gasteiger partial charge in [0.05, 0.1) is 5.60 Å². The number of esters is 1. The molecule has 0 aromatic carbocycles.